The average Bonchev–Trinajstić information content (AvgIpc) is 3.60. The molecule has 0 spiro atoms. The van der Waals surface area contributed by atoms with Gasteiger partial charge in [-0.25, -0.2) is 4.39 Å². The third kappa shape index (κ3) is 5.53. The largest absolute Gasteiger partial charge is 0.505 e. The number of hydrogen-bond donors (Lipinski definition) is 3. The molecule has 4 amide bonds. The van der Waals surface area contributed by atoms with Gasteiger partial charge in [0.05, 0.1) is 35.0 Å². The Morgan fingerprint density at radius 2 is 1.06 bits per heavy atom. The van der Waals surface area contributed by atoms with Crippen LogP contribution in [0.3, 0.4) is 0 Å². The van der Waals surface area contributed by atoms with Crippen molar-refractivity contribution in [3.8, 4) is 5.75 Å². The average molecular weight is 719 g/mol. The Bertz CT molecular complexity index is 2330. The summed E-state index contributed by atoms with van der Waals surface area (Å²) >= 11 is 0. The fourth-order valence-corrected chi connectivity index (χ4v) is 8.95. The maximum absolute atomic E-state index is 15.0. The first-order valence-corrected chi connectivity index (χ1v) is 18.0. The van der Waals surface area contributed by atoms with Gasteiger partial charge in [0.1, 0.15) is 0 Å². The molecule has 1 saturated carbocycles. The predicted octanol–water partition coefficient (Wildman–Crippen LogP) is 8.06. The van der Waals surface area contributed by atoms with Gasteiger partial charge < -0.3 is 15.7 Å². The molecular formula is C44H35FN4O5. The lowest BCUT2D eigenvalue weighted by Crippen LogP contribution is -2.43. The van der Waals surface area contributed by atoms with Crippen LogP contribution < -0.4 is 20.4 Å². The minimum absolute atomic E-state index is 0.191. The molecule has 6 atom stereocenters. The van der Waals surface area contributed by atoms with Gasteiger partial charge in [-0.3, -0.25) is 29.0 Å². The number of benzene rings is 5. The second-order valence-electron chi connectivity index (χ2n) is 14.3. The number of carbonyl (C=O) groups excluding carboxylic acids is 4. The SMILES string of the molecule is O=C1C2CC=C3C(CC4C(=O)N(c5ccc(Nc6ccccc6)cc5)C(=O)C4C3c3ccc(O)c(F)c3)C2C(=O)N1c1ccc(Nc2ccccc2)cc1. The summed E-state index contributed by atoms with van der Waals surface area (Å²) in [6, 6.07) is 37.4. The molecule has 6 unspecified atom stereocenters. The molecule has 0 bridgehead atoms. The van der Waals surface area contributed by atoms with Crippen molar-refractivity contribution in [1.82, 2.24) is 0 Å². The minimum atomic E-state index is -0.865. The molecule has 10 heteroatoms. The van der Waals surface area contributed by atoms with Gasteiger partial charge in [0.15, 0.2) is 11.6 Å². The van der Waals surface area contributed by atoms with Gasteiger partial charge >= 0.3 is 0 Å². The van der Waals surface area contributed by atoms with E-state index in [0.717, 1.165) is 28.3 Å². The zero-order valence-corrected chi connectivity index (χ0v) is 28.9. The summed E-state index contributed by atoms with van der Waals surface area (Å²) in [7, 11) is 0. The van der Waals surface area contributed by atoms with E-state index in [1.807, 2.05) is 78.9 Å². The first kappa shape index (κ1) is 33.3. The third-order valence-electron chi connectivity index (χ3n) is 11.4. The van der Waals surface area contributed by atoms with Crippen molar-refractivity contribution in [2.24, 2.45) is 29.6 Å². The van der Waals surface area contributed by atoms with Crippen LogP contribution in [-0.4, -0.2) is 28.7 Å². The molecule has 9 rings (SSSR count). The van der Waals surface area contributed by atoms with Crippen molar-refractivity contribution in [2.75, 3.05) is 20.4 Å². The first-order chi connectivity index (χ1) is 26.3. The van der Waals surface area contributed by atoms with Crippen LogP contribution in [0.25, 0.3) is 0 Å². The highest BCUT2D eigenvalue weighted by molar-refractivity contribution is 6.24. The molecule has 268 valence electrons. The third-order valence-corrected chi connectivity index (χ3v) is 11.4. The standard InChI is InChI=1S/C44H35FN4O5/c45-36-23-25(11-22-37(36)50)38-32-20-21-33-39(43(53)48(41(33)51)30-16-12-28(13-17-30)46-26-7-3-1-4-8-26)34(32)24-35-40(38)44(54)49(42(35)52)31-18-14-29(15-19-31)47-27-9-5-2-6-10-27/h1-20,22-23,33-35,38-40,46-47,50H,21,24H2. The van der Waals surface area contributed by atoms with Gasteiger partial charge in [0, 0.05) is 28.7 Å². The number of fused-ring (bicyclic) bond motifs is 4. The van der Waals surface area contributed by atoms with Gasteiger partial charge in [0.25, 0.3) is 0 Å². The van der Waals surface area contributed by atoms with E-state index in [4.69, 9.17) is 0 Å². The fraction of sp³-hybridized carbons (Fsp3) is 0.182. The normalized spacial score (nSPS) is 24.5. The number of halogens is 1. The number of rotatable bonds is 7. The van der Waals surface area contributed by atoms with Crippen LogP contribution in [0, 0.1) is 35.4 Å². The van der Waals surface area contributed by atoms with E-state index in [-0.39, 0.29) is 24.7 Å². The van der Waals surface area contributed by atoms with Crippen LogP contribution in [-0.2, 0) is 19.2 Å². The Kier molecular flexibility index (Phi) is 8.10. The Morgan fingerprint density at radius 1 is 0.556 bits per heavy atom. The predicted molar refractivity (Wildman–Crippen MR) is 203 cm³/mol. The van der Waals surface area contributed by atoms with Crippen molar-refractivity contribution in [1.29, 1.82) is 0 Å². The van der Waals surface area contributed by atoms with E-state index in [1.165, 1.54) is 21.9 Å². The lowest BCUT2D eigenvalue weighted by atomic mass is 9.57. The summed E-state index contributed by atoms with van der Waals surface area (Å²) in [4.78, 5) is 59.7. The van der Waals surface area contributed by atoms with Crippen molar-refractivity contribution in [3.63, 3.8) is 0 Å². The highest BCUT2D eigenvalue weighted by Crippen LogP contribution is 2.58. The number of allylic oxidation sites excluding steroid dienone is 2. The summed E-state index contributed by atoms with van der Waals surface area (Å²) < 4.78 is 15.0. The van der Waals surface area contributed by atoms with E-state index in [2.05, 4.69) is 10.6 Å². The summed E-state index contributed by atoms with van der Waals surface area (Å²) in [6.45, 7) is 0. The van der Waals surface area contributed by atoms with E-state index in [1.54, 1.807) is 42.5 Å². The molecule has 0 aromatic heterocycles. The molecular weight excluding hydrogens is 684 g/mol. The molecule has 2 aliphatic heterocycles. The van der Waals surface area contributed by atoms with Crippen molar-refractivity contribution in [2.45, 2.75) is 18.8 Å². The van der Waals surface area contributed by atoms with Crippen LogP contribution in [0.4, 0.5) is 38.5 Å². The smallest absolute Gasteiger partial charge is 0.238 e. The summed E-state index contributed by atoms with van der Waals surface area (Å²) in [5.74, 6) is -7.21. The Morgan fingerprint density at radius 3 is 1.59 bits per heavy atom. The van der Waals surface area contributed by atoms with E-state index in [9.17, 15) is 28.7 Å². The van der Waals surface area contributed by atoms with Gasteiger partial charge in [-0.15, -0.1) is 0 Å². The number of amides is 4. The van der Waals surface area contributed by atoms with Crippen LogP contribution in [0.5, 0.6) is 5.75 Å². The number of para-hydroxylation sites is 2. The van der Waals surface area contributed by atoms with Gasteiger partial charge in [0.2, 0.25) is 23.6 Å². The number of nitrogens with one attached hydrogen (secondary N) is 2. The zero-order chi connectivity index (χ0) is 37.1. The van der Waals surface area contributed by atoms with E-state index in [0.29, 0.717) is 16.9 Å². The number of imide groups is 2. The topological polar surface area (TPSA) is 119 Å². The van der Waals surface area contributed by atoms with E-state index >= 15 is 0 Å². The number of phenolic OH excluding ortho intramolecular Hbond substituents is 1. The Labute approximate surface area is 310 Å². The Balaban J connectivity index is 1.04. The number of nitrogens with zero attached hydrogens (tertiary/aromatic N) is 2. The quantitative estimate of drug-likeness (QED) is 0.115. The minimum Gasteiger partial charge on any atom is -0.505 e. The molecule has 54 heavy (non-hydrogen) atoms. The number of anilines is 6. The molecule has 3 N–H and O–H groups in total. The fourth-order valence-electron chi connectivity index (χ4n) is 8.95. The highest BCUT2D eigenvalue weighted by Gasteiger charge is 2.62. The van der Waals surface area contributed by atoms with Crippen molar-refractivity contribution in [3.05, 3.63) is 150 Å². The van der Waals surface area contributed by atoms with E-state index < -0.39 is 58.9 Å². The van der Waals surface area contributed by atoms with Crippen LogP contribution in [0.2, 0.25) is 0 Å². The highest BCUT2D eigenvalue weighted by atomic mass is 19.1. The number of aromatic hydroxyl groups is 1. The lowest BCUT2D eigenvalue weighted by Gasteiger charge is -2.44. The zero-order valence-electron chi connectivity index (χ0n) is 28.9. The molecule has 0 radical (unpaired) electrons. The van der Waals surface area contributed by atoms with Gasteiger partial charge in [-0.1, -0.05) is 54.1 Å². The maximum atomic E-state index is 15.0. The first-order valence-electron chi connectivity index (χ1n) is 18.0. The molecule has 2 heterocycles. The number of phenols is 1. The van der Waals surface area contributed by atoms with Gasteiger partial charge in [-0.2, -0.15) is 0 Å². The lowest BCUT2D eigenvalue weighted by molar-refractivity contribution is -0.126. The molecule has 2 aliphatic carbocycles. The van der Waals surface area contributed by atoms with Crippen molar-refractivity contribution >= 4 is 57.8 Å². The van der Waals surface area contributed by atoms with Crippen LogP contribution >= 0.6 is 0 Å². The Hall–Kier alpha value is -6.55. The van der Waals surface area contributed by atoms with Crippen LogP contribution in [0.15, 0.2) is 139 Å². The molecule has 9 nitrogen and oxygen atoms in total. The molecule has 5 aromatic carbocycles. The molecule has 2 saturated heterocycles. The van der Waals surface area contributed by atoms with Gasteiger partial charge in [-0.05, 0) is 109 Å². The number of hydrogen-bond acceptors (Lipinski definition) is 7. The van der Waals surface area contributed by atoms with Crippen molar-refractivity contribution < 1.29 is 28.7 Å². The molecule has 4 aliphatic rings. The second-order valence-corrected chi connectivity index (χ2v) is 14.3. The number of carbonyl (C=O) groups is 4. The summed E-state index contributed by atoms with van der Waals surface area (Å²) in [5.41, 5.74) is 5.39. The second kappa shape index (κ2) is 13.1. The molecule has 5 aromatic rings. The maximum Gasteiger partial charge on any atom is 0.238 e. The molecule has 3 fully saturated rings. The van der Waals surface area contributed by atoms with Crippen LogP contribution in [0.1, 0.15) is 24.3 Å². The summed E-state index contributed by atoms with van der Waals surface area (Å²) in [5, 5.41) is 16.7. The summed E-state index contributed by atoms with van der Waals surface area (Å²) in [6.07, 6.45) is 2.38. The monoisotopic (exact) mass is 718 g/mol.